The smallest absolute Gasteiger partial charge is 0.228 e. The maximum absolute atomic E-state index is 13.0. The van der Waals surface area contributed by atoms with Crippen LogP contribution in [0.25, 0.3) is 21.7 Å². The van der Waals surface area contributed by atoms with E-state index in [4.69, 9.17) is 9.15 Å². The summed E-state index contributed by atoms with van der Waals surface area (Å²) in [5.41, 5.74) is 3.69. The summed E-state index contributed by atoms with van der Waals surface area (Å²) in [6.07, 6.45) is 2.40. The maximum Gasteiger partial charge on any atom is 0.228 e. The van der Waals surface area contributed by atoms with Crippen molar-refractivity contribution in [3.05, 3.63) is 78.1 Å². The Labute approximate surface area is 188 Å². The van der Waals surface area contributed by atoms with Crippen LogP contribution in [0, 0.1) is 0 Å². The van der Waals surface area contributed by atoms with E-state index in [0.29, 0.717) is 0 Å². The standard InChI is InChI=1S/C27H28N2O3/c1-18-14-29(15-19(2)32-18)16-21-8-4-6-10-24(21)28-26(30)13-22-17-31-25-12-11-20-7-3-5-9-23(20)27(22)25/h3-12,17-19H,13-16H2,1-2H3,(H,28,30). The van der Waals surface area contributed by atoms with Gasteiger partial charge in [-0.2, -0.15) is 0 Å². The first-order valence-electron chi connectivity index (χ1n) is 11.2. The van der Waals surface area contributed by atoms with E-state index in [1.165, 1.54) is 0 Å². The molecule has 0 aliphatic carbocycles. The van der Waals surface area contributed by atoms with E-state index < -0.39 is 0 Å². The minimum absolute atomic E-state index is 0.0446. The number of fused-ring (bicyclic) bond motifs is 3. The van der Waals surface area contributed by atoms with Gasteiger partial charge in [0.2, 0.25) is 5.91 Å². The fourth-order valence-corrected chi connectivity index (χ4v) is 4.81. The van der Waals surface area contributed by atoms with Crippen molar-refractivity contribution in [2.24, 2.45) is 0 Å². The highest BCUT2D eigenvalue weighted by Gasteiger charge is 2.23. The number of furan rings is 1. The van der Waals surface area contributed by atoms with Crippen molar-refractivity contribution in [1.29, 1.82) is 0 Å². The number of amides is 1. The van der Waals surface area contributed by atoms with Gasteiger partial charge in [-0.1, -0.05) is 48.5 Å². The number of ether oxygens (including phenoxy) is 1. The Morgan fingerprint density at radius 2 is 1.72 bits per heavy atom. The third-order valence-electron chi connectivity index (χ3n) is 6.07. The van der Waals surface area contributed by atoms with E-state index in [1.54, 1.807) is 6.26 Å². The van der Waals surface area contributed by atoms with Crippen molar-refractivity contribution in [2.75, 3.05) is 18.4 Å². The van der Waals surface area contributed by atoms with Gasteiger partial charge in [0.05, 0.1) is 24.9 Å². The average molecular weight is 429 g/mol. The molecular weight excluding hydrogens is 400 g/mol. The zero-order valence-corrected chi connectivity index (χ0v) is 18.5. The number of nitrogens with one attached hydrogen (secondary N) is 1. The molecule has 1 amide bonds. The van der Waals surface area contributed by atoms with Crippen molar-refractivity contribution in [3.63, 3.8) is 0 Å². The molecule has 1 aromatic heterocycles. The molecule has 2 heterocycles. The molecule has 0 spiro atoms. The first-order valence-corrected chi connectivity index (χ1v) is 11.2. The number of para-hydroxylation sites is 1. The van der Waals surface area contributed by atoms with Crippen LogP contribution in [-0.4, -0.2) is 36.1 Å². The lowest BCUT2D eigenvalue weighted by atomic mass is 10.0. The quantitative estimate of drug-likeness (QED) is 0.464. The second-order valence-electron chi connectivity index (χ2n) is 8.75. The molecule has 2 atom stereocenters. The predicted molar refractivity (Wildman–Crippen MR) is 128 cm³/mol. The molecule has 1 aliphatic rings. The second-order valence-corrected chi connectivity index (χ2v) is 8.75. The van der Waals surface area contributed by atoms with Crippen molar-refractivity contribution in [1.82, 2.24) is 4.90 Å². The zero-order chi connectivity index (χ0) is 22.1. The monoisotopic (exact) mass is 428 g/mol. The molecule has 5 heteroatoms. The normalized spacial score (nSPS) is 19.4. The van der Waals surface area contributed by atoms with Crippen LogP contribution < -0.4 is 5.32 Å². The van der Waals surface area contributed by atoms with Gasteiger partial charge in [-0.05, 0) is 42.3 Å². The SMILES string of the molecule is CC1CN(Cc2ccccc2NC(=O)Cc2coc3ccc4ccccc4c23)CC(C)O1. The Balaban J connectivity index is 1.35. The molecule has 5 nitrogen and oxygen atoms in total. The van der Waals surface area contributed by atoms with Gasteiger partial charge >= 0.3 is 0 Å². The van der Waals surface area contributed by atoms with E-state index in [0.717, 1.165) is 58.2 Å². The van der Waals surface area contributed by atoms with Gasteiger partial charge in [-0.15, -0.1) is 0 Å². The van der Waals surface area contributed by atoms with Gasteiger partial charge < -0.3 is 14.5 Å². The van der Waals surface area contributed by atoms with E-state index in [1.807, 2.05) is 36.4 Å². The van der Waals surface area contributed by atoms with E-state index in [2.05, 4.69) is 48.3 Å². The minimum Gasteiger partial charge on any atom is -0.464 e. The fraction of sp³-hybridized carbons (Fsp3) is 0.296. The third-order valence-corrected chi connectivity index (χ3v) is 6.07. The van der Waals surface area contributed by atoms with Crippen molar-refractivity contribution < 1.29 is 13.9 Å². The molecule has 0 radical (unpaired) electrons. The summed E-state index contributed by atoms with van der Waals surface area (Å²) in [4.78, 5) is 15.4. The summed E-state index contributed by atoms with van der Waals surface area (Å²) < 4.78 is 11.6. The highest BCUT2D eigenvalue weighted by Crippen LogP contribution is 2.30. The van der Waals surface area contributed by atoms with Gasteiger partial charge in [0, 0.05) is 36.3 Å². The number of nitrogens with zero attached hydrogens (tertiary/aromatic N) is 1. The summed E-state index contributed by atoms with van der Waals surface area (Å²) in [6.45, 7) is 6.78. The van der Waals surface area contributed by atoms with Crippen molar-refractivity contribution in [3.8, 4) is 0 Å². The van der Waals surface area contributed by atoms with Gasteiger partial charge in [0.25, 0.3) is 0 Å². The molecule has 4 aromatic rings. The number of hydrogen-bond donors (Lipinski definition) is 1. The molecule has 0 saturated carbocycles. The number of rotatable bonds is 5. The van der Waals surface area contributed by atoms with Crippen LogP contribution >= 0.6 is 0 Å². The average Bonchev–Trinajstić information content (AvgIpc) is 3.17. The van der Waals surface area contributed by atoms with Crippen LogP contribution in [0.1, 0.15) is 25.0 Å². The van der Waals surface area contributed by atoms with Gasteiger partial charge in [0.1, 0.15) is 5.58 Å². The van der Waals surface area contributed by atoms with Crippen molar-refractivity contribution >= 4 is 33.3 Å². The Morgan fingerprint density at radius 1 is 0.969 bits per heavy atom. The predicted octanol–water partition coefficient (Wildman–Crippen LogP) is 5.38. The Kier molecular flexibility index (Phi) is 5.68. The number of carbonyl (C=O) groups is 1. The summed E-state index contributed by atoms with van der Waals surface area (Å²) >= 11 is 0. The van der Waals surface area contributed by atoms with E-state index in [9.17, 15) is 4.79 Å². The molecule has 5 rings (SSSR count). The second kappa shape index (κ2) is 8.77. The lowest BCUT2D eigenvalue weighted by molar-refractivity contribution is -0.115. The van der Waals surface area contributed by atoms with Crippen LogP contribution in [0.3, 0.4) is 0 Å². The Hall–Kier alpha value is -3.15. The Morgan fingerprint density at radius 3 is 2.56 bits per heavy atom. The number of carbonyl (C=O) groups excluding carboxylic acids is 1. The van der Waals surface area contributed by atoms with Crippen LogP contribution in [0.4, 0.5) is 5.69 Å². The lowest BCUT2D eigenvalue weighted by Crippen LogP contribution is -2.44. The molecule has 3 aromatic carbocycles. The molecular formula is C27H28N2O3. The number of morpholine rings is 1. The lowest BCUT2D eigenvalue weighted by Gasteiger charge is -2.35. The van der Waals surface area contributed by atoms with Crippen molar-refractivity contribution in [2.45, 2.75) is 39.0 Å². The van der Waals surface area contributed by atoms with Crippen LogP contribution in [0.2, 0.25) is 0 Å². The molecule has 0 bridgehead atoms. The van der Waals surface area contributed by atoms with E-state index >= 15 is 0 Å². The van der Waals surface area contributed by atoms with Crippen LogP contribution in [0.5, 0.6) is 0 Å². The van der Waals surface area contributed by atoms with Crippen LogP contribution in [-0.2, 0) is 22.5 Å². The van der Waals surface area contributed by atoms with Gasteiger partial charge in [0.15, 0.2) is 0 Å². The highest BCUT2D eigenvalue weighted by atomic mass is 16.5. The minimum atomic E-state index is -0.0446. The van der Waals surface area contributed by atoms with Crippen LogP contribution in [0.15, 0.2) is 71.3 Å². The largest absolute Gasteiger partial charge is 0.464 e. The fourth-order valence-electron chi connectivity index (χ4n) is 4.81. The third kappa shape index (κ3) is 4.27. The summed E-state index contributed by atoms with van der Waals surface area (Å²) in [5.74, 6) is -0.0446. The number of anilines is 1. The summed E-state index contributed by atoms with van der Waals surface area (Å²) in [6, 6.07) is 20.3. The number of hydrogen-bond acceptors (Lipinski definition) is 4. The highest BCUT2D eigenvalue weighted by molar-refractivity contribution is 6.09. The van der Waals surface area contributed by atoms with Gasteiger partial charge in [-0.25, -0.2) is 0 Å². The molecule has 1 aliphatic heterocycles. The van der Waals surface area contributed by atoms with Gasteiger partial charge in [-0.3, -0.25) is 9.69 Å². The molecule has 2 unspecified atom stereocenters. The topological polar surface area (TPSA) is 54.7 Å². The summed E-state index contributed by atoms with van der Waals surface area (Å²) in [7, 11) is 0. The first-order chi connectivity index (χ1) is 15.6. The summed E-state index contributed by atoms with van der Waals surface area (Å²) in [5, 5.41) is 6.40. The molecule has 1 fully saturated rings. The molecule has 1 saturated heterocycles. The zero-order valence-electron chi connectivity index (χ0n) is 18.5. The Bertz CT molecular complexity index is 1250. The van der Waals surface area contributed by atoms with E-state index in [-0.39, 0.29) is 24.5 Å². The molecule has 1 N–H and O–H groups in total. The first kappa shape index (κ1) is 20.7. The number of benzene rings is 3. The molecule has 32 heavy (non-hydrogen) atoms. The maximum atomic E-state index is 13.0. The molecule has 164 valence electrons.